The topological polar surface area (TPSA) is 75.7 Å². The van der Waals surface area contributed by atoms with Crippen LogP contribution in [0.25, 0.3) is 0 Å². The van der Waals surface area contributed by atoms with Gasteiger partial charge in [-0.25, -0.2) is 4.98 Å². The van der Waals surface area contributed by atoms with E-state index in [0.29, 0.717) is 10.6 Å². The van der Waals surface area contributed by atoms with Crippen LogP contribution in [0.15, 0.2) is 27.4 Å². The van der Waals surface area contributed by atoms with E-state index < -0.39 is 0 Å². The second kappa shape index (κ2) is 5.03. The molecule has 17 heavy (non-hydrogen) atoms. The molecule has 88 valence electrons. The van der Waals surface area contributed by atoms with Gasteiger partial charge in [-0.15, -0.1) is 0 Å². The number of amidine groups is 1. The van der Waals surface area contributed by atoms with Crippen LogP contribution in [-0.4, -0.2) is 15.2 Å². The zero-order chi connectivity index (χ0) is 12.4. The molecule has 0 fully saturated rings. The molecule has 3 N–H and O–H groups in total. The summed E-state index contributed by atoms with van der Waals surface area (Å²) in [6, 6.07) is 5.28. The van der Waals surface area contributed by atoms with Crippen LogP contribution in [0.5, 0.6) is 0 Å². The van der Waals surface area contributed by atoms with Crippen LogP contribution in [0.2, 0.25) is 5.02 Å². The molecule has 4 nitrogen and oxygen atoms in total. The Kier molecular flexibility index (Phi) is 3.66. The van der Waals surface area contributed by atoms with Gasteiger partial charge in [-0.2, -0.15) is 4.37 Å². The second-order valence-electron chi connectivity index (χ2n) is 3.27. The number of hydrogen-bond acceptors (Lipinski definition) is 5. The standard InChI is InChI=1S/C10H9ClN4S2/c1-5-14-10(17-15-5)16-8-3-2-6(9(12)13)4-7(8)11/h2-4H,1H3,(H3,12,13). The van der Waals surface area contributed by atoms with Crippen molar-refractivity contribution in [2.45, 2.75) is 16.2 Å². The normalized spacial score (nSPS) is 10.5. The molecule has 0 radical (unpaired) electrons. The SMILES string of the molecule is Cc1nsc(Sc2ccc(C(=N)N)cc2Cl)n1. The van der Waals surface area contributed by atoms with Gasteiger partial charge in [-0.3, -0.25) is 5.41 Å². The molecular formula is C10H9ClN4S2. The largest absolute Gasteiger partial charge is 0.384 e. The number of nitrogen functional groups attached to an aromatic ring is 1. The first-order chi connectivity index (χ1) is 8.06. The number of aryl methyl sites for hydroxylation is 1. The van der Waals surface area contributed by atoms with Crippen LogP contribution in [0.3, 0.4) is 0 Å². The lowest BCUT2D eigenvalue weighted by Crippen LogP contribution is -2.10. The van der Waals surface area contributed by atoms with E-state index in [1.807, 2.05) is 13.0 Å². The first-order valence-electron chi connectivity index (χ1n) is 4.68. The highest BCUT2D eigenvalue weighted by Gasteiger charge is 2.08. The quantitative estimate of drug-likeness (QED) is 0.671. The van der Waals surface area contributed by atoms with Crippen LogP contribution in [0.4, 0.5) is 0 Å². The van der Waals surface area contributed by atoms with Gasteiger partial charge < -0.3 is 5.73 Å². The van der Waals surface area contributed by atoms with Crippen LogP contribution in [0, 0.1) is 12.3 Å². The van der Waals surface area contributed by atoms with Crippen LogP contribution in [0.1, 0.15) is 11.4 Å². The lowest BCUT2D eigenvalue weighted by Gasteiger charge is -2.03. The first-order valence-corrected chi connectivity index (χ1v) is 6.65. The van der Waals surface area contributed by atoms with Gasteiger partial charge in [0.2, 0.25) is 0 Å². The highest BCUT2D eigenvalue weighted by molar-refractivity contribution is 8.01. The van der Waals surface area contributed by atoms with Gasteiger partial charge >= 0.3 is 0 Å². The summed E-state index contributed by atoms with van der Waals surface area (Å²) in [5.41, 5.74) is 6.00. The van der Waals surface area contributed by atoms with E-state index in [1.165, 1.54) is 23.3 Å². The molecule has 0 bridgehead atoms. The lowest BCUT2D eigenvalue weighted by molar-refractivity contribution is 1.10. The maximum absolute atomic E-state index is 7.32. The van der Waals surface area contributed by atoms with Crippen molar-refractivity contribution in [2.75, 3.05) is 0 Å². The van der Waals surface area contributed by atoms with Crippen molar-refractivity contribution in [3.05, 3.63) is 34.6 Å². The molecule has 0 saturated heterocycles. The lowest BCUT2D eigenvalue weighted by atomic mass is 10.2. The van der Waals surface area contributed by atoms with E-state index in [1.54, 1.807) is 12.1 Å². The van der Waals surface area contributed by atoms with Crippen molar-refractivity contribution in [3.8, 4) is 0 Å². The number of nitrogens with zero attached hydrogens (tertiary/aromatic N) is 2. The van der Waals surface area contributed by atoms with Crippen molar-refractivity contribution in [1.82, 2.24) is 9.36 Å². The average Bonchev–Trinajstić information content (AvgIpc) is 2.67. The van der Waals surface area contributed by atoms with Crippen LogP contribution >= 0.6 is 34.9 Å². The maximum Gasteiger partial charge on any atom is 0.174 e. The Bertz CT molecular complexity index is 567. The molecule has 0 unspecified atom stereocenters. The zero-order valence-electron chi connectivity index (χ0n) is 8.90. The van der Waals surface area contributed by atoms with Crippen LogP contribution < -0.4 is 5.73 Å². The summed E-state index contributed by atoms with van der Waals surface area (Å²) in [7, 11) is 0. The second-order valence-corrected chi connectivity index (χ2v) is 5.72. The molecule has 0 aliphatic carbocycles. The molecule has 2 rings (SSSR count). The van der Waals surface area contributed by atoms with Crippen LogP contribution in [-0.2, 0) is 0 Å². The van der Waals surface area contributed by atoms with E-state index in [-0.39, 0.29) is 5.84 Å². The summed E-state index contributed by atoms with van der Waals surface area (Å²) < 4.78 is 4.95. The Labute approximate surface area is 112 Å². The average molecular weight is 285 g/mol. The van der Waals surface area contributed by atoms with Gasteiger partial charge in [0.15, 0.2) is 4.34 Å². The predicted octanol–water partition coefficient (Wildman–Crippen LogP) is 2.94. The fraction of sp³-hybridized carbons (Fsp3) is 0.100. The summed E-state index contributed by atoms with van der Waals surface area (Å²) in [6.45, 7) is 1.85. The fourth-order valence-electron chi connectivity index (χ4n) is 1.16. The molecule has 0 saturated carbocycles. The summed E-state index contributed by atoms with van der Waals surface area (Å²) in [5, 5.41) is 7.88. The Morgan fingerprint density at radius 1 is 1.53 bits per heavy atom. The van der Waals surface area contributed by atoms with Crippen molar-refractivity contribution < 1.29 is 0 Å². The van der Waals surface area contributed by atoms with Gasteiger partial charge in [0, 0.05) is 10.5 Å². The third kappa shape index (κ3) is 2.96. The van der Waals surface area contributed by atoms with E-state index in [2.05, 4.69) is 9.36 Å². The van der Waals surface area contributed by atoms with Crippen molar-refractivity contribution in [3.63, 3.8) is 0 Å². The predicted molar refractivity (Wildman–Crippen MR) is 71.2 cm³/mol. The van der Waals surface area contributed by atoms with Crippen molar-refractivity contribution in [1.29, 1.82) is 5.41 Å². The fourth-order valence-corrected chi connectivity index (χ4v) is 3.07. The highest BCUT2D eigenvalue weighted by atomic mass is 35.5. The minimum absolute atomic E-state index is 0.00945. The van der Waals surface area contributed by atoms with Gasteiger partial charge in [0.25, 0.3) is 0 Å². The number of nitrogens with two attached hydrogens (primary N) is 1. The summed E-state index contributed by atoms with van der Waals surface area (Å²) in [4.78, 5) is 5.13. The number of hydrogen-bond donors (Lipinski definition) is 2. The van der Waals surface area contributed by atoms with E-state index in [0.717, 1.165) is 15.1 Å². The molecule has 7 heteroatoms. The highest BCUT2D eigenvalue weighted by Crippen LogP contribution is 2.34. The molecule has 2 aromatic rings. The summed E-state index contributed by atoms with van der Waals surface area (Å²) in [5.74, 6) is 0.768. The van der Waals surface area contributed by atoms with Gasteiger partial charge in [-0.05, 0) is 30.6 Å². The number of benzene rings is 1. The monoisotopic (exact) mass is 284 g/mol. The Hall–Kier alpha value is -1.11. The molecule has 0 amide bonds. The summed E-state index contributed by atoms with van der Waals surface area (Å²) in [6.07, 6.45) is 0. The van der Waals surface area contributed by atoms with E-state index in [4.69, 9.17) is 22.7 Å². The molecule has 0 aliphatic heterocycles. The molecular weight excluding hydrogens is 276 g/mol. The molecule has 0 atom stereocenters. The smallest absolute Gasteiger partial charge is 0.174 e. The third-order valence-electron chi connectivity index (χ3n) is 1.95. The molecule has 1 aromatic heterocycles. The molecule has 1 heterocycles. The number of nitrogens with one attached hydrogen (secondary N) is 1. The maximum atomic E-state index is 7.32. The first kappa shape index (κ1) is 12.3. The third-order valence-corrected chi connectivity index (χ3v) is 4.29. The van der Waals surface area contributed by atoms with Gasteiger partial charge in [0.1, 0.15) is 11.7 Å². The Morgan fingerprint density at radius 2 is 2.29 bits per heavy atom. The molecule has 0 spiro atoms. The Balaban J connectivity index is 2.25. The minimum Gasteiger partial charge on any atom is -0.384 e. The van der Waals surface area contributed by atoms with Gasteiger partial charge in [-0.1, -0.05) is 29.4 Å². The number of rotatable bonds is 3. The van der Waals surface area contributed by atoms with Crippen molar-refractivity contribution >= 4 is 40.7 Å². The molecule has 0 aliphatic rings. The number of halogens is 1. The zero-order valence-corrected chi connectivity index (χ0v) is 11.3. The minimum atomic E-state index is 0.00945. The number of aromatic nitrogens is 2. The van der Waals surface area contributed by atoms with Crippen molar-refractivity contribution in [2.24, 2.45) is 5.73 Å². The molecule has 1 aromatic carbocycles. The van der Waals surface area contributed by atoms with E-state index >= 15 is 0 Å². The summed E-state index contributed by atoms with van der Waals surface area (Å²) >= 11 is 8.91. The Morgan fingerprint density at radius 3 is 2.82 bits per heavy atom. The van der Waals surface area contributed by atoms with E-state index in [9.17, 15) is 0 Å². The van der Waals surface area contributed by atoms with Gasteiger partial charge in [0.05, 0.1) is 5.02 Å².